The Balaban J connectivity index is 1.97. The number of rotatable bonds is 9. The number of carbonyl (C=O) groups excluding carboxylic acids is 1. The summed E-state index contributed by atoms with van der Waals surface area (Å²) < 4.78 is 26.6. The van der Waals surface area contributed by atoms with Crippen LogP contribution in [0.3, 0.4) is 0 Å². The molecule has 8 heteroatoms. The van der Waals surface area contributed by atoms with Gasteiger partial charge in [-0.1, -0.05) is 48.5 Å². The Morgan fingerprint density at radius 2 is 1.56 bits per heavy atom. The molecule has 3 N–H and O–H groups in total. The maximum absolute atomic E-state index is 12.2. The van der Waals surface area contributed by atoms with E-state index in [1.54, 1.807) is 48.5 Å². The Morgan fingerprint density at radius 3 is 2.11 bits per heavy atom. The molecular formula is C19H22N2O5S. The second-order valence-corrected chi connectivity index (χ2v) is 7.81. The van der Waals surface area contributed by atoms with Gasteiger partial charge in [-0.3, -0.25) is 9.59 Å². The number of carboxylic acid groups (broad SMARTS) is 1. The van der Waals surface area contributed by atoms with Crippen LogP contribution in [-0.4, -0.2) is 31.9 Å². The Bertz CT molecular complexity index is 869. The van der Waals surface area contributed by atoms with E-state index in [-0.39, 0.29) is 17.9 Å². The maximum Gasteiger partial charge on any atom is 0.308 e. The van der Waals surface area contributed by atoms with Gasteiger partial charge in [0.2, 0.25) is 15.9 Å². The van der Waals surface area contributed by atoms with E-state index in [4.69, 9.17) is 0 Å². The molecule has 7 nitrogen and oxygen atoms in total. The van der Waals surface area contributed by atoms with Crippen LogP contribution in [0.1, 0.15) is 24.9 Å². The predicted octanol–water partition coefficient (Wildman–Crippen LogP) is 1.93. The van der Waals surface area contributed by atoms with Crippen LogP contribution in [0.25, 0.3) is 0 Å². The molecule has 0 bridgehead atoms. The van der Waals surface area contributed by atoms with Gasteiger partial charge in [0.1, 0.15) is 0 Å². The second kappa shape index (κ2) is 9.29. The second-order valence-electron chi connectivity index (χ2n) is 6.04. The molecule has 2 aromatic carbocycles. The first-order valence-electron chi connectivity index (χ1n) is 8.43. The molecule has 0 radical (unpaired) electrons. The summed E-state index contributed by atoms with van der Waals surface area (Å²) >= 11 is 0. The lowest BCUT2D eigenvalue weighted by molar-refractivity contribution is -0.142. The van der Waals surface area contributed by atoms with Crippen molar-refractivity contribution >= 4 is 21.9 Å². The lowest BCUT2D eigenvalue weighted by Gasteiger charge is -2.23. The van der Waals surface area contributed by atoms with E-state index in [1.807, 2.05) is 0 Å². The number of sulfonamides is 1. The van der Waals surface area contributed by atoms with Gasteiger partial charge in [0.15, 0.2) is 0 Å². The van der Waals surface area contributed by atoms with E-state index in [0.29, 0.717) is 5.56 Å². The first-order chi connectivity index (χ1) is 12.8. The maximum atomic E-state index is 12.2. The zero-order valence-corrected chi connectivity index (χ0v) is 15.6. The van der Waals surface area contributed by atoms with Crippen molar-refractivity contribution in [3.63, 3.8) is 0 Å². The number of benzene rings is 2. The van der Waals surface area contributed by atoms with Crippen LogP contribution in [0.15, 0.2) is 65.6 Å². The van der Waals surface area contributed by atoms with Crippen molar-refractivity contribution in [1.82, 2.24) is 10.0 Å². The van der Waals surface area contributed by atoms with Crippen molar-refractivity contribution in [2.45, 2.75) is 24.3 Å². The number of carbonyl (C=O) groups is 2. The van der Waals surface area contributed by atoms with Gasteiger partial charge in [0.05, 0.1) is 16.9 Å². The summed E-state index contributed by atoms with van der Waals surface area (Å²) in [4.78, 5) is 23.7. The first kappa shape index (κ1) is 20.6. The molecule has 144 valence electrons. The number of carboxylic acids is 1. The molecule has 0 aliphatic heterocycles. The third kappa shape index (κ3) is 5.90. The minimum atomic E-state index is -3.69. The van der Waals surface area contributed by atoms with Gasteiger partial charge in [0.25, 0.3) is 0 Å². The third-order valence-electron chi connectivity index (χ3n) is 4.06. The van der Waals surface area contributed by atoms with Gasteiger partial charge in [-0.05, 0) is 24.6 Å². The highest BCUT2D eigenvalue weighted by Gasteiger charge is 2.26. The number of aliphatic carboxylic acids is 1. The SMILES string of the molecule is CC(C(=O)O)C(NC(=O)CCNS(=O)(=O)c1ccccc1)c1ccccc1. The van der Waals surface area contributed by atoms with Gasteiger partial charge in [-0.25, -0.2) is 13.1 Å². The number of hydrogen-bond donors (Lipinski definition) is 3. The van der Waals surface area contributed by atoms with Gasteiger partial charge in [-0.15, -0.1) is 0 Å². The van der Waals surface area contributed by atoms with Crippen molar-refractivity contribution in [2.24, 2.45) is 5.92 Å². The van der Waals surface area contributed by atoms with Crippen molar-refractivity contribution in [3.05, 3.63) is 66.2 Å². The van der Waals surface area contributed by atoms with Crippen LogP contribution in [0.2, 0.25) is 0 Å². The molecule has 0 heterocycles. The molecule has 0 aromatic heterocycles. The van der Waals surface area contributed by atoms with E-state index in [0.717, 1.165) is 0 Å². The molecule has 2 rings (SSSR count). The fourth-order valence-electron chi connectivity index (χ4n) is 2.53. The zero-order chi connectivity index (χ0) is 19.9. The van der Waals surface area contributed by atoms with E-state index in [2.05, 4.69) is 10.0 Å². The van der Waals surface area contributed by atoms with Gasteiger partial charge >= 0.3 is 5.97 Å². The van der Waals surface area contributed by atoms with E-state index < -0.39 is 33.9 Å². The van der Waals surface area contributed by atoms with Crippen LogP contribution < -0.4 is 10.0 Å². The molecule has 0 fully saturated rings. The van der Waals surface area contributed by atoms with Crippen molar-refractivity contribution in [3.8, 4) is 0 Å². The summed E-state index contributed by atoms with van der Waals surface area (Å²) in [5.41, 5.74) is 0.672. The molecule has 0 aliphatic rings. The lowest BCUT2D eigenvalue weighted by atomic mass is 9.94. The molecule has 0 saturated carbocycles. The van der Waals surface area contributed by atoms with E-state index >= 15 is 0 Å². The highest BCUT2D eigenvalue weighted by molar-refractivity contribution is 7.89. The minimum Gasteiger partial charge on any atom is -0.481 e. The highest BCUT2D eigenvalue weighted by atomic mass is 32.2. The van der Waals surface area contributed by atoms with Crippen LogP contribution >= 0.6 is 0 Å². The molecular weight excluding hydrogens is 368 g/mol. The van der Waals surface area contributed by atoms with Crippen molar-refractivity contribution in [2.75, 3.05) is 6.54 Å². The van der Waals surface area contributed by atoms with E-state index in [9.17, 15) is 23.1 Å². The summed E-state index contributed by atoms with van der Waals surface area (Å²) in [6.45, 7) is 1.42. The summed E-state index contributed by atoms with van der Waals surface area (Å²) in [5, 5.41) is 12.0. The third-order valence-corrected chi connectivity index (χ3v) is 5.54. The monoisotopic (exact) mass is 390 g/mol. The topological polar surface area (TPSA) is 113 Å². The molecule has 2 atom stereocenters. The van der Waals surface area contributed by atoms with Crippen LogP contribution in [0.5, 0.6) is 0 Å². The van der Waals surface area contributed by atoms with Gasteiger partial charge in [-0.2, -0.15) is 0 Å². The van der Waals surface area contributed by atoms with Crippen LogP contribution in [-0.2, 0) is 19.6 Å². The summed E-state index contributed by atoms with van der Waals surface area (Å²) in [5.74, 6) is -2.31. The largest absolute Gasteiger partial charge is 0.481 e. The number of amides is 1. The van der Waals surface area contributed by atoms with Crippen LogP contribution in [0.4, 0.5) is 0 Å². The molecule has 27 heavy (non-hydrogen) atoms. The number of nitrogens with one attached hydrogen (secondary N) is 2. The average Bonchev–Trinajstić information content (AvgIpc) is 2.66. The van der Waals surface area contributed by atoms with Gasteiger partial charge < -0.3 is 10.4 Å². The zero-order valence-electron chi connectivity index (χ0n) is 14.8. The fraction of sp³-hybridized carbons (Fsp3) is 0.263. The van der Waals surface area contributed by atoms with E-state index in [1.165, 1.54) is 19.1 Å². The highest BCUT2D eigenvalue weighted by Crippen LogP contribution is 2.22. The molecule has 1 amide bonds. The standard InChI is InChI=1S/C19H22N2O5S/c1-14(19(23)24)18(15-8-4-2-5-9-15)21-17(22)12-13-20-27(25,26)16-10-6-3-7-11-16/h2-11,14,18,20H,12-13H2,1H3,(H,21,22)(H,23,24). The quantitative estimate of drug-likeness (QED) is 0.606. The van der Waals surface area contributed by atoms with Gasteiger partial charge in [0, 0.05) is 13.0 Å². The normalized spacial score (nSPS) is 13.5. The predicted molar refractivity (Wildman–Crippen MR) is 100 cm³/mol. The summed E-state index contributed by atoms with van der Waals surface area (Å²) in [7, 11) is -3.69. The summed E-state index contributed by atoms with van der Waals surface area (Å²) in [6.07, 6.45) is -0.109. The molecule has 0 saturated heterocycles. The smallest absolute Gasteiger partial charge is 0.308 e. The first-order valence-corrected chi connectivity index (χ1v) is 9.91. The molecule has 0 spiro atoms. The Hall–Kier alpha value is -2.71. The Morgan fingerprint density at radius 1 is 1.00 bits per heavy atom. The lowest BCUT2D eigenvalue weighted by Crippen LogP contribution is -2.37. The Kier molecular flexibility index (Phi) is 7.09. The summed E-state index contributed by atoms with van der Waals surface area (Å²) in [6, 6.07) is 15.9. The number of hydrogen-bond acceptors (Lipinski definition) is 4. The molecule has 2 unspecified atom stereocenters. The average molecular weight is 390 g/mol. The van der Waals surface area contributed by atoms with Crippen molar-refractivity contribution < 1.29 is 23.1 Å². The molecule has 0 aliphatic carbocycles. The van der Waals surface area contributed by atoms with Crippen LogP contribution in [0, 0.1) is 5.92 Å². The molecule has 2 aromatic rings. The van der Waals surface area contributed by atoms with Crippen molar-refractivity contribution in [1.29, 1.82) is 0 Å². The fourth-order valence-corrected chi connectivity index (χ4v) is 3.58. The minimum absolute atomic E-state index is 0.0912. The Labute approximate surface area is 158 Å².